The highest BCUT2D eigenvalue weighted by Crippen LogP contribution is 2.27. The van der Waals surface area contributed by atoms with Crippen LogP contribution in [0.25, 0.3) is 0 Å². The van der Waals surface area contributed by atoms with Crippen molar-refractivity contribution in [3.63, 3.8) is 0 Å². The molecule has 1 N–H and O–H groups in total. The number of hydrogen-bond donors (Lipinski definition) is 1. The van der Waals surface area contributed by atoms with Crippen molar-refractivity contribution < 1.29 is 9.59 Å². The van der Waals surface area contributed by atoms with Gasteiger partial charge in [0.2, 0.25) is 5.91 Å². The Morgan fingerprint density at radius 3 is 2.76 bits per heavy atom. The van der Waals surface area contributed by atoms with E-state index in [4.69, 9.17) is 0 Å². The lowest BCUT2D eigenvalue weighted by atomic mass is 10.0. The summed E-state index contributed by atoms with van der Waals surface area (Å²) in [5.41, 5.74) is 1.23. The number of carbonyl (C=O) groups excluding carboxylic acids is 2. The third-order valence-corrected chi connectivity index (χ3v) is 3.12. The zero-order chi connectivity index (χ0) is 11.8. The van der Waals surface area contributed by atoms with E-state index in [1.807, 2.05) is 18.2 Å². The molecule has 0 aromatic heterocycles. The number of Topliss-reactive ketones (excluding diaryl/α,β-unsaturated/α-hetero) is 1. The van der Waals surface area contributed by atoms with Gasteiger partial charge in [-0.25, -0.2) is 0 Å². The molecule has 4 nitrogen and oxygen atoms in total. The molecule has 0 saturated carbocycles. The van der Waals surface area contributed by atoms with Gasteiger partial charge in [-0.05, 0) is 0 Å². The van der Waals surface area contributed by atoms with Gasteiger partial charge in [-0.2, -0.15) is 0 Å². The van der Waals surface area contributed by atoms with Crippen LogP contribution in [0, 0.1) is 0 Å². The highest BCUT2D eigenvalue weighted by molar-refractivity contribution is 6.13. The standard InChI is InChI=1S/C13H12N2O2/c16-11-8-10(13-14-6-7-15(11)13)12(17)9-4-2-1-3-5-9/h1-5,14H,6-8H2. The van der Waals surface area contributed by atoms with Crippen LogP contribution < -0.4 is 5.32 Å². The lowest BCUT2D eigenvalue weighted by molar-refractivity contribution is -0.126. The Kier molecular flexibility index (Phi) is 2.21. The molecule has 0 spiro atoms. The van der Waals surface area contributed by atoms with Gasteiger partial charge in [-0.3, -0.25) is 14.5 Å². The maximum Gasteiger partial charge on any atom is 0.232 e. The van der Waals surface area contributed by atoms with Crippen molar-refractivity contribution in [3.8, 4) is 0 Å². The van der Waals surface area contributed by atoms with Gasteiger partial charge >= 0.3 is 0 Å². The van der Waals surface area contributed by atoms with Crippen molar-refractivity contribution in [1.82, 2.24) is 10.2 Å². The van der Waals surface area contributed by atoms with Crippen LogP contribution in [0.3, 0.4) is 0 Å². The molecule has 0 atom stereocenters. The SMILES string of the molecule is O=C(C1=C2NCCN2C(=O)C1)c1ccccc1. The average Bonchev–Trinajstić information content (AvgIpc) is 2.94. The second kappa shape index (κ2) is 3.73. The Balaban J connectivity index is 1.98. The minimum absolute atomic E-state index is 0.0179. The van der Waals surface area contributed by atoms with E-state index in [-0.39, 0.29) is 18.1 Å². The molecule has 2 aliphatic rings. The summed E-state index contributed by atoms with van der Waals surface area (Å²) in [5, 5.41) is 3.11. The number of carbonyl (C=O) groups is 2. The van der Waals surface area contributed by atoms with Gasteiger partial charge in [0, 0.05) is 18.7 Å². The van der Waals surface area contributed by atoms with Crippen molar-refractivity contribution >= 4 is 11.7 Å². The van der Waals surface area contributed by atoms with Gasteiger partial charge in [0.1, 0.15) is 5.82 Å². The molecule has 1 saturated heterocycles. The predicted molar refractivity (Wildman–Crippen MR) is 62.1 cm³/mol. The lowest BCUT2D eigenvalue weighted by Gasteiger charge is -2.08. The first kappa shape index (κ1) is 10.1. The summed E-state index contributed by atoms with van der Waals surface area (Å²) in [4.78, 5) is 25.6. The second-order valence-electron chi connectivity index (χ2n) is 4.17. The summed E-state index contributed by atoms with van der Waals surface area (Å²) >= 11 is 0. The number of fused-ring (bicyclic) bond motifs is 1. The number of hydrogen-bond acceptors (Lipinski definition) is 3. The van der Waals surface area contributed by atoms with Crippen LogP contribution in [0.4, 0.5) is 0 Å². The molecule has 17 heavy (non-hydrogen) atoms. The number of rotatable bonds is 2. The first-order valence-electron chi connectivity index (χ1n) is 5.64. The van der Waals surface area contributed by atoms with Gasteiger partial charge in [-0.1, -0.05) is 30.3 Å². The molecule has 0 radical (unpaired) electrons. The monoisotopic (exact) mass is 228 g/mol. The quantitative estimate of drug-likeness (QED) is 0.766. The van der Waals surface area contributed by atoms with Gasteiger partial charge in [-0.15, -0.1) is 0 Å². The number of amides is 1. The zero-order valence-electron chi connectivity index (χ0n) is 9.27. The van der Waals surface area contributed by atoms with Gasteiger partial charge in [0.05, 0.1) is 12.0 Å². The molecule has 1 aromatic carbocycles. The van der Waals surface area contributed by atoms with E-state index >= 15 is 0 Å². The van der Waals surface area contributed by atoms with Gasteiger partial charge in [0.25, 0.3) is 0 Å². The van der Waals surface area contributed by atoms with Crippen LogP contribution in [-0.2, 0) is 4.79 Å². The van der Waals surface area contributed by atoms with Crippen LogP contribution in [0.5, 0.6) is 0 Å². The van der Waals surface area contributed by atoms with Crippen molar-refractivity contribution in [1.29, 1.82) is 0 Å². The first-order chi connectivity index (χ1) is 8.27. The topological polar surface area (TPSA) is 49.4 Å². The molecular formula is C13H12N2O2. The lowest BCUT2D eigenvalue weighted by Crippen LogP contribution is -2.21. The fourth-order valence-corrected chi connectivity index (χ4v) is 2.29. The third kappa shape index (κ3) is 1.53. The fourth-order valence-electron chi connectivity index (χ4n) is 2.29. The highest BCUT2D eigenvalue weighted by atomic mass is 16.2. The highest BCUT2D eigenvalue weighted by Gasteiger charge is 2.36. The smallest absolute Gasteiger partial charge is 0.232 e. The second-order valence-corrected chi connectivity index (χ2v) is 4.17. The van der Waals surface area contributed by atoms with Crippen molar-refractivity contribution in [3.05, 3.63) is 47.3 Å². The average molecular weight is 228 g/mol. The van der Waals surface area contributed by atoms with E-state index in [1.165, 1.54) is 0 Å². The van der Waals surface area contributed by atoms with Crippen LogP contribution in [0.2, 0.25) is 0 Å². The number of nitrogens with zero attached hydrogens (tertiary/aromatic N) is 1. The third-order valence-electron chi connectivity index (χ3n) is 3.12. The molecule has 2 heterocycles. The summed E-state index contributed by atoms with van der Waals surface area (Å²) in [7, 11) is 0. The molecule has 1 fully saturated rings. The van der Waals surface area contributed by atoms with Crippen LogP contribution >= 0.6 is 0 Å². The van der Waals surface area contributed by atoms with Crippen molar-refractivity contribution in [2.24, 2.45) is 0 Å². The molecule has 2 aliphatic heterocycles. The molecular weight excluding hydrogens is 216 g/mol. The Hall–Kier alpha value is -2.10. The summed E-state index contributed by atoms with van der Waals surface area (Å²) in [6, 6.07) is 9.08. The van der Waals surface area contributed by atoms with Gasteiger partial charge < -0.3 is 5.32 Å². The Bertz CT molecular complexity index is 519. The van der Waals surface area contributed by atoms with E-state index in [0.717, 1.165) is 6.54 Å². The first-order valence-corrected chi connectivity index (χ1v) is 5.64. The summed E-state index contributed by atoms with van der Waals surface area (Å²) < 4.78 is 0. The largest absolute Gasteiger partial charge is 0.369 e. The molecule has 3 rings (SSSR count). The minimum atomic E-state index is -0.0501. The Morgan fingerprint density at radius 2 is 2.00 bits per heavy atom. The fraction of sp³-hybridized carbons (Fsp3) is 0.231. The Labute approximate surface area is 98.9 Å². The molecule has 1 amide bonds. The zero-order valence-corrected chi connectivity index (χ0v) is 9.27. The summed E-state index contributed by atoms with van der Waals surface area (Å²) in [5.74, 6) is 0.680. The van der Waals surface area contributed by atoms with Crippen LogP contribution in [0.15, 0.2) is 41.7 Å². The van der Waals surface area contributed by atoms with E-state index in [0.29, 0.717) is 23.5 Å². The van der Waals surface area contributed by atoms with Crippen molar-refractivity contribution in [2.75, 3.05) is 13.1 Å². The molecule has 0 bridgehead atoms. The summed E-state index contributed by atoms with van der Waals surface area (Å²) in [6.45, 7) is 1.40. The maximum absolute atomic E-state index is 12.3. The maximum atomic E-state index is 12.3. The molecule has 4 heteroatoms. The molecule has 1 aromatic rings. The van der Waals surface area contributed by atoms with Gasteiger partial charge in [0.15, 0.2) is 5.78 Å². The minimum Gasteiger partial charge on any atom is -0.369 e. The normalized spacial score (nSPS) is 18.4. The van der Waals surface area contributed by atoms with Crippen LogP contribution in [-0.4, -0.2) is 29.7 Å². The van der Waals surface area contributed by atoms with Crippen LogP contribution in [0.1, 0.15) is 16.8 Å². The summed E-state index contributed by atoms with van der Waals surface area (Å²) in [6.07, 6.45) is 0.218. The molecule has 0 unspecified atom stereocenters. The Morgan fingerprint density at radius 1 is 1.24 bits per heavy atom. The molecule has 86 valence electrons. The number of benzene rings is 1. The predicted octanol–water partition coefficient (Wildman–Crippen LogP) is 0.916. The number of ketones is 1. The van der Waals surface area contributed by atoms with E-state index < -0.39 is 0 Å². The van der Waals surface area contributed by atoms with Crippen molar-refractivity contribution in [2.45, 2.75) is 6.42 Å². The van der Waals surface area contributed by atoms with E-state index in [9.17, 15) is 9.59 Å². The van der Waals surface area contributed by atoms with E-state index in [1.54, 1.807) is 17.0 Å². The number of nitrogens with one attached hydrogen (secondary N) is 1. The molecule has 0 aliphatic carbocycles. The van der Waals surface area contributed by atoms with E-state index in [2.05, 4.69) is 5.32 Å².